The standard InChI is InChI=1S/C15H11N7O3S/c23-15-12(22(24)25)14(18-11-5-1-2-6-21(11)15)16-8-10-17-13(20-19-10)9-4-3-7-26-9/h1-7,16H,8H2,(H,17,19,20). The summed E-state index contributed by atoms with van der Waals surface area (Å²) >= 11 is 1.50. The van der Waals surface area contributed by atoms with Gasteiger partial charge in [-0.2, -0.15) is 5.10 Å². The van der Waals surface area contributed by atoms with Gasteiger partial charge in [0.15, 0.2) is 5.82 Å². The number of H-pyrrole nitrogens is 1. The van der Waals surface area contributed by atoms with Gasteiger partial charge >= 0.3 is 11.2 Å². The number of aromatic nitrogens is 5. The van der Waals surface area contributed by atoms with Gasteiger partial charge in [-0.25, -0.2) is 9.97 Å². The van der Waals surface area contributed by atoms with Crippen molar-refractivity contribution < 1.29 is 4.92 Å². The molecule has 0 aromatic carbocycles. The van der Waals surface area contributed by atoms with Crippen molar-refractivity contribution >= 4 is 28.5 Å². The van der Waals surface area contributed by atoms with E-state index in [0.29, 0.717) is 17.3 Å². The molecule has 0 unspecified atom stereocenters. The Bertz CT molecular complexity index is 1150. The fourth-order valence-corrected chi connectivity index (χ4v) is 3.08. The highest BCUT2D eigenvalue weighted by Crippen LogP contribution is 2.21. The van der Waals surface area contributed by atoms with Crippen LogP contribution in [0.4, 0.5) is 11.5 Å². The molecule has 0 aliphatic heterocycles. The lowest BCUT2D eigenvalue weighted by atomic mass is 10.4. The van der Waals surface area contributed by atoms with Crippen molar-refractivity contribution in [1.82, 2.24) is 24.6 Å². The maximum atomic E-state index is 12.4. The molecular weight excluding hydrogens is 358 g/mol. The van der Waals surface area contributed by atoms with E-state index in [1.165, 1.54) is 17.5 Å². The first-order chi connectivity index (χ1) is 12.6. The largest absolute Gasteiger partial charge is 0.376 e. The predicted molar refractivity (Wildman–Crippen MR) is 95.1 cm³/mol. The molecule has 4 aromatic heterocycles. The maximum Gasteiger partial charge on any atom is 0.376 e. The molecule has 0 radical (unpaired) electrons. The number of nitrogens with zero attached hydrogens (tertiary/aromatic N) is 5. The molecule has 0 spiro atoms. The number of fused-ring (bicyclic) bond motifs is 1. The molecule has 0 amide bonds. The lowest BCUT2D eigenvalue weighted by Gasteiger charge is -2.06. The van der Waals surface area contributed by atoms with Crippen molar-refractivity contribution in [2.75, 3.05) is 5.32 Å². The first-order valence-corrected chi connectivity index (χ1v) is 8.36. The van der Waals surface area contributed by atoms with Gasteiger partial charge in [-0.05, 0) is 23.6 Å². The van der Waals surface area contributed by atoms with Crippen molar-refractivity contribution in [1.29, 1.82) is 0 Å². The molecule has 130 valence electrons. The summed E-state index contributed by atoms with van der Waals surface area (Å²) in [6.07, 6.45) is 1.44. The molecule has 0 saturated carbocycles. The lowest BCUT2D eigenvalue weighted by Crippen LogP contribution is -2.21. The van der Waals surface area contributed by atoms with Gasteiger partial charge in [0.2, 0.25) is 5.82 Å². The first-order valence-electron chi connectivity index (χ1n) is 7.48. The molecule has 26 heavy (non-hydrogen) atoms. The number of hydrogen-bond acceptors (Lipinski definition) is 8. The maximum absolute atomic E-state index is 12.4. The Kier molecular flexibility index (Phi) is 3.89. The van der Waals surface area contributed by atoms with E-state index in [-0.39, 0.29) is 12.4 Å². The molecule has 2 N–H and O–H groups in total. The van der Waals surface area contributed by atoms with Gasteiger partial charge in [0.1, 0.15) is 11.5 Å². The van der Waals surface area contributed by atoms with Crippen LogP contribution in [-0.4, -0.2) is 29.5 Å². The van der Waals surface area contributed by atoms with E-state index < -0.39 is 16.2 Å². The van der Waals surface area contributed by atoms with E-state index in [4.69, 9.17) is 0 Å². The molecule has 0 fully saturated rings. The number of nitro groups is 1. The van der Waals surface area contributed by atoms with E-state index >= 15 is 0 Å². The summed E-state index contributed by atoms with van der Waals surface area (Å²) < 4.78 is 1.13. The van der Waals surface area contributed by atoms with Crippen LogP contribution in [0, 0.1) is 10.1 Å². The summed E-state index contributed by atoms with van der Waals surface area (Å²) in [6, 6.07) is 8.68. The van der Waals surface area contributed by atoms with Crippen LogP contribution >= 0.6 is 11.3 Å². The molecule has 11 heteroatoms. The fraction of sp³-hybridized carbons (Fsp3) is 0.0667. The van der Waals surface area contributed by atoms with Crippen LogP contribution < -0.4 is 10.9 Å². The first kappa shape index (κ1) is 15.9. The van der Waals surface area contributed by atoms with Gasteiger partial charge in [0.25, 0.3) is 0 Å². The number of hydrogen-bond donors (Lipinski definition) is 2. The van der Waals surface area contributed by atoms with Crippen LogP contribution in [0.5, 0.6) is 0 Å². The van der Waals surface area contributed by atoms with Crippen LogP contribution in [0.25, 0.3) is 16.3 Å². The Morgan fingerprint density at radius 1 is 1.27 bits per heavy atom. The summed E-state index contributed by atoms with van der Waals surface area (Å²) in [5.74, 6) is 0.899. The Labute approximate surface area is 149 Å². The smallest absolute Gasteiger partial charge is 0.357 e. The average molecular weight is 369 g/mol. The molecule has 0 aliphatic carbocycles. The van der Waals surface area contributed by atoms with E-state index in [9.17, 15) is 14.9 Å². The quantitative estimate of drug-likeness (QED) is 0.406. The third-order valence-corrected chi connectivity index (χ3v) is 4.46. The van der Waals surface area contributed by atoms with Crippen LogP contribution in [0.15, 0.2) is 46.7 Å². The van der Waals surface area contributed by atoms with Gasteiger partial charge in [-0.15, -0.1) is 11.3 Å². The third kappa shape index (κ3) is 2.80. The minimum Gasteiger partial charge on any atom is -0.357 e. The van der Waals surface area contributed by atoms with Gasteiger partial charge in [-0.3, -0.25) is 24.4 Å². The van der Waals surface area contributed by atoms with Crippen LogP contribution in [0.2, 0.25) is 0 Å². The number of aromatic amines is 1. The van der Waals surface area contributed by atoms with Crippen molar-refractivity contribution in [3.63, 3.8) is 0 Å². The highest BCUT2D eigenvalue weighted by Gasteiger charge is 2.23. The Balaban J connectivity index is 1.66. The Hall–Kier alpha value is -3.60. The number of rotatable bonds is 5. The highest BCUT2D eigenvalue weighted by molar-refractivity contribution is 7.13. The second kappa shape index (κ2) is 6.37. The predicted octanol–water partition coefficient (Wildman–Crippen LogP) is 2.06. The van der Waals surface area contributed by atoms with Crippen LogP contribution in [0.3, 0.4) is 0 Å². The Morgan fingerprint density at radius 3 is 2.92 bits per heavy atom. The molecule has 4 aromatic rings. The summed E-state index contributed by atoms with van der Waals surface area (Å²) in [4.78, 5) is 32.4. The summed E-state index contributed by atoms with van der Waals surface area (Å²) in [7, 11) is 0. The lowest BCUT2D eigenvalue weighted by molar-refractivity contribution is -0.385. The monoisotopic (exact) mass is 369 g/mol. The zero-order valence-corrected chi connectivity index (χ0v) is 13.9. The zero-order valence-electron chi connectivity index (χ0n) is 13.1. The molecule has 4 heterocycles. The minimum atomic E-state index is -0.750. The second-order valence-corrected chi connectivity index (χ2v) is 6.18. The third-order valence-electron chi connectivity index (χ3n) is 3.59. The second-order valence-electron chi connectivity index (χ2n) is 5.24. The summed E-state index contributed by atoms with van der Waals surface area (Å²) in [5, 5.41) is 22.9. The van der Waals surface area contributed by atoms with Gasteiger partial charge in [0.05, 0.1) is 16.3 Å². The van der Waals surface area contributed by atoms with Crippen molar-refractivity contribution in [2.24, 2.45) is 0 Å². The number of nitrogens with one attached hydrogen (secondary N) is 2. The van der Waals surface area contributed by atoms with Crippen molar-refractivity contribution in [3.05, 3.63) is 68.2 Å². The van der Waals surface area contributed by atoms with Crippen molar-refractivity contribution in [3.8, 4) is 10.7 Å². The number of pyridine rings is 1. The van der Waals surface area contributed by atoms with Gasteiger partial charge < -0.3 is 5.32 Å². The fourth-order valence-electron chi connectivity index (χ4n) is 2.43. The van der Waals surface area contributed by atoms with Gasteiger partial charge in [0, 0.05) is 6.20 Å². The molecular formula is C15H11N7O3S. The topological polar surface area (TPSA) is 131 Å². The van der Waals surface area contributed by atoms with E-state index in [2.05, 4.69) is 25.5 Å². The Morgan fingerprint density at radius 2 is 2.15 bits per heavy atom. The summed E-state index contributed by atoms with van der Waals surface area (Å²) in [6.45, 7) is 0.106. The van der Waals surface area contributed by atoms with Crippen LogP contribution in [-0.2, 0) is 6.54 Å². The van der Waals surface area contributed by atoms with E-state index in [0.717, 1.165) is 9.28 Å². The van der Waals surface area contributed by atoms with Gasteiger partial charge in [-0.1, -0.05) is 12.1 Å². The number of anilines is 1. The minimum absolute atomic E-state index is 0.106. The molecule has 10 nitrogen and oxygen atoms in total. The van der Waals surface area contributed by atoms with Crippen LogP contribution in [0.1, 0.15) is 5.82 Å². The van der Waals surface area contributed by atoms with Crippen molar-refractivity contribution in [2.45, 2.75) is 6.54 Å². The molecule has 4 rings (SSSR count). The zero-order chi connectivity index (χ0) is 18.1. The normalized spacial score (nSPS) is 10.9. The molecule has 0 bridgehead atoms. The SMILES string of the molecule is O=c1c([N+](=O)[O-])c(NCc2nc(-c3cccs3)n[nH]2)nc2ccccn12. The molecule has 0 aliphatic rings. The molecule has 0 saturated heterocycles. The number of thiophene rings is 1. The highest BCUT2D eigenvalue weighted by atomic mass is 32.1. The van der Waals surface area contributed by atoms with E-state index in [1.54, 1.807) is 18.2 Å². The van der Waals surface area contributed by atoms with E-state index in [1.807, 2.05) is 17.5 Å². The average Bonchev–Trinajstić information content (AvgIpc) is 3.31. The summed E-state index contributed by atoms with van der Waals surface area (Å²) in [5.41, 5.74) is -1.06. The molecule has 0 atom stereocenters.